The van der Waals surface area contributed by atoms with Crippen molar-refractivity contribution in [2.45, 2.75) is 12.0 Å². The Morgan fingerprint density at radius 1 is 1.40 bits per heavy atom. The molecule has 1 N–H and O–H groups in total. The Balaban J connectivity index is 2.03. The molecular formula is C11H16N2O2. The topological polar surface area (TPSA) is 43.4 Å². The van der Waals surface area contributed by atoms with Gasteiger partial charge < -0.3 is 14.8 Å². The van der Waals surface area contributed by atoms with E-state index in [1.807, 2.05) is 18.3 Å². The van der Waals surface area contributed by atoms with Crippen LogP contribution >= 0.6 is 0 Å². The Bertz CT molecular complexity index is 314. The molecule has 0 atom stereocenters. The monoisotopic (exact) mass is 208 g/mol. The van der Waals surface area contributed by atoms with Gasteiger partial charge in [0.25, 0.3) is 0 Å². The second kappa shape index (κ2) is 4.16. The Morgan fingerprint density at radius 2 is 2.20 bits per heavy atom. The zero-order valence-corrected chi connectivity index (χ0v) is 9.12. The molecule has 1 aliphatic rings. The molecule has 0 aromatic carbocycles. The number of nitrogens with one attached hydrogen (secondary N) is 1. The lowest BCUT2D eigenvalue weighted by Crippen LogP contribution is -2.61. The molecule has 0 saturated carbocycles. The summed E-state index contributed by atoms with van der Waals surface area (Å²) in [5.41, 5.74) is 1.15. The fourth-order valence-corrected chi connectivity index (χ4v) is 1.75. The molecule has 4 nitrogen and oxygen atoms in total. The predicted octanol–water partition coefficient (Wildman–Crippen LogP) is 0.621. The first-order valence-electron chi connectivity index (χ1n) is 5.03. The van der Waals surface area contributed by atoms with Gasteiger partial charge in [0.2, 0.25) is 5.88 Å². The van der Waals surface area contributed by atoms with Gasteiger partial charge in [0.15, 0.2) is 0 Å². The minimum Gasteiger partial charge on any atom is -0.481 e. The van der Waals surface area contributed by atoms with Crippen molar-refractivity contribution in [3.63, 3.8) is 0 Å². The maximum Gasteiger partial charge on any atom is 0.212 e. The molecule has 1 fully saturated rings. The number of hydrogen-bond acceptors (Lipinski definition) is 4. The number of nitrogens with zero attached hydrogens (tertiary/aromatic N) is 1. The summed E-state index contributed by atoms with van der Waals surface area (Å²) in [6, 6.07) is 3.91. The first-order valence-corrected chi connectivity index (χ1v) is 5.03. The summed E-state index contributed by atoms with van der Waals surface area (Å²) >= 11 is 0. The van der Waals surface area contributed by atoms with Crippen molar-refractivity contribution in [3.8, 4) is 5.88 Å². The second-order valence-corrected chi connectivity index (χ2v) is 3.88. The molecule has 4 heteroatoms. The first-order chi connectivity index (χ1) is 7.28. The van der Waals surface area contributed by atoms with Crippen molar-refractivity contribution < 1.29 is 9.47 Å². The summed E-state index contributed by atoms with van der Waals surface area (Å²) in [5, 5.41) is 3.23. The van der Waals surface area contributed by atoms with Crippen LogP contribution in [-0.2, 0) is 11.2 Å². The molecule has 0 amide bonds. The van der Waals surface area contributed by atoms with E-state index in [0.717, 1.165) is 19.5 Å². The maximum atomic E-state index is 5.51. The van der Waals surface area contributed by atoms with E-state index in [2.05, 4.69) is 10.3 Å². The molecule has 15 heavy (non-hydrogen) atoms. The van der Waals surface area contributed by atoms with Crippen LogP contribution in [0.5, 0.6) is 5.88 Å². The molecule has 1 aromatic heterocycles. The van der Waals surface area contributed by atoms with E-state index < -0.39 is 0 Å². The molecule has 0 radical (unpaired) electrons. The Labute approximate surface area is 89.6 Å². The van der Waals surface area contributed by atoms with Gasteiger partial charge in [0, 0.05) is 38.9 Å². The SMILES string of the molecule is COc1ccc(CC2(OC)CNC2)cn1. The lowest BCUT2D eigenvalue weighted by atomic mass is 9.89. The molecule has 1 aliphatic heterocycles. The van der Waals surface area contributed by atoms with Gasteiger partial charge in [-0.05, 0) is 5.56 Å². The highest BCUT2D eigenvalue weighted by molar-refractivity contribution is 5.20. The molecule has 0 aliphatic carbocycles. The van der Waals surface area contributed by atoms with Crippen molar-refractivity contribution >= 4 is 0 Å². The zero-order valence-electron chi connectivity index (χ0n) is 9.12. The fourth-order valence-electron chi connectivity index (χ4n) is 1.75. The van der Waals surface area contributed by atoms with Gasteiger partial charge in [-0.2, -0.15) is 0 Å². The Kier molecular flexibility index (Phi) is 2.88. The molecule has 82 valence electrons. The van der Waals surface area contributed by atoms with Gasteiger partial charge in [-0.1, -0.05) is 6.07 Å². The van der Waals surface area contributed by atoms with Crippen LogP contribution in [0.3, 0.4) is 0 Å². The molecular weight excluding hydrogens is 192 g/mol. The van der Waals surface area contributed by atoms with Crippen LogP contribution in [0.2, 0.25) is 0 Å². The largest absolute Gasteiger partial charge is 0.481 e. The van der Waals surface area contributed by atoms with Crippen LogP contribution in [0.4, 0.5) is 0 Å². The zero-order chi connectivity index (χ0) is 10.7. The summed E-state index contributed by atoms with van der Waals surface area (Å²) in [4.78, 5) is 4.18. The highest BCUT2D eigenvalue weighted by Crippen LogP contribution is 2.21. The van der Waals surface area contributed by atoms with Crippen LogP contribution in [-0.4, -0.2) is 37.9 Å². The van der Waals surface area contributed by atoms with E-state index in [1.54, 1.807) is 14.2 Å². The fraction of sp³-hybridized carbons (Fsp3) is 0.545. The second-order valence-electron chi connectivity index (χ2n) is 3.88. The van der Waals surface area contributed by atoms with Crippen LogP contribution in [0.15, 0.2) is 18.3 Å². The number of aromatic nitrogens is 1. The Morgan fingerprint density at radius 3 is 2.60 bits per heavy atom. The molecule has 2 heterocycles. The smallest absolute Gasteiger partial charge is 0.212 e. The average molecular weight is 208 g/mol. The molecule has 2 rings (SSSR count). The quantitative estimate of drug-likeness (QED) is 0.787. The maximum absolute atomic E-state index is 5.51. The predicted molar refractivity (Wildman–Crippen MR) is 57.1 cm³/mol. The van der Waals surface area contributed by atoms with Gasteiger partial charge in [-0.3, -0.25) is 0 Å². The lowest BCUT2D eigenvalue weighted by Gasteiger charge is -2.41. The Hall–Kier alpha value is -1.13. The molecule has 1 saturated heterocycles. The average Bonchev–Trinajstić information content (AvgIpc) is 2.24. The molecule has 0 bridgehead atoms. The highest BCUT2D eigenvalue weighted by atomic mass is 16.5. The van der Waals surface area contributed by atoms with Crippen LogP contribution in [0.25, 0.3) is 0 Å². The van der Waals surface area contributed by atoms with E-state index >= 15 is 0 Å². The highest BCUT2D eigenvalue weighted by Gasteiger charge is 2.36. The van der Waals surface area contributed by atoms with E-state index in [9.17, 15) is 0 Å². The number of methoxy groups -OCH3 is 2. The van der Waals surface area contributed by atoms with E-state index in [1.165, 1.54) is 5.56 Å². The number of pyridine rings is 1. The molecule has 1 aromatic rings. The van der Waals surface area contributed by atoms with Crippen molar-refractivity contribution in [1.82, 2.24) is 10.3 Å². The van der Waals surface area contributed by atoms with Gasteiger partial charge in [0.05, 0.1) is 12.7 Å². The van der Waals surface area contributed by atoms with E-state index in [-0.39, 0.29) is 5.60 Å². The van der Waals surface area contributed by atoms with Crippen molar-refractivity contribution in [1.29, 1.82) is 0 Å². The summed E-state index contributed by atoms with van der Waals surface area (Å²) in [5.74, 6) is 0.650. The van der Waals surface area contributed by atoms with Gasteiger partial charge >= 0.3 is 0 Å². The number of hydrogen-bond donors (Lipinski definition) is 1. The van der Waals surface area contributed by atoms with Gasteiger partial charge in [-0.25, -0.2) is 4.98 Å². The standard InChI is InChI=1S/C11H16N2O2/c1-14-10-4-3-9(6-13-10)5-11(15-2)7-12-8-11/h3-4,6,12H,5,7-8H2,1-2H3. The van der Waals surface area contributed by atoms with Crippen LogP contribution < -0.4 is 10.1 Å². The third kappa shape index (κ3) is 2.11. The van der Waals surface area contributed by atoms with Crippen molar-refractivity contribution in [2.75, 3.05) is 27.3 Å². The minimum atomic E-state index is -0.0315. The lowest BCUT2D eigenvalue weighted by molar-refractivity contribution is -0.0502. The van der Waals surface area contributed by atoms with Crippen molar-refractivity contribution in [2.24, 2.45) is 0 Å². The van der Waals surface area contributed by atoms with E-state index in [0.29, 0.717) is 5.88 Å². The molecule has 0 spiro atoms. The van der Waals surface area contributed by atoms with Crippen LogP contribution in [0, 0.1) is 0 Å². The summed E-state index contributed by atoms with van der Waals surface area (Å²) < 4.78 is 10.5. The van der Waals surface area contributed by atoms with Crippen molar-refractivity contribution in [3.05, 3.63) is 23.9 Å². The minimum absolute atomic E-state index is 0.0315. The normalized spacial score (nSPS) is 18.3. The van der Waals surface area contributed by atoms with E-state index in [4.69, 9.17) is 9.47 Å². The summed E-state index contributed by atoms with van der Waals surface area (Å²) in [6.07, 6.45) is 2.74. The molecule has 0 unspecified atom stereocenters. The summed E-state index contributed by atoms with van der Waals surface area (Å²) in [7, 11) is 3.38. The van der Waals surface area contributed by atoms with Gasteiger partial charge in [0.1, 0.15) is 0 Å². The van der Waals surface area contributed by atoms with Gasteiger partial charge in [-0.15, -0.1) is 0 Å². The number of rotatable bonds is 4. The third-order valence-electron chi connectivity index (χ3n) is 2.86. The summed E-state index contributed by atoms with van der Waals surface area (Å²) in [6.45, 7) is 1.82. The number of ether oxygens (including phenoxy) is 2. The third-order valence-corrected chi connectivity index (χ3v) is 2.86. The first kappa shape index (κ1) is 10.4. The van der Waals surface area contributed by atoms with Crippen LogP contribution in [0.1, 0.15) is 5.56 Å².